The second-order valence-corrected chi connectivity index (χ2v) is 13.1. The van der Waals surface area contributed by atoms with E-state index in [0.717, 1.165) is 21.0 Å². The largest absolute Gasteiger partial charge is 0.497 e. The summed E-state index contributed by atoms with van der Waals surface area (Å²) in [6.07, 6.45) is 1.54. The van der Waals surface area contributed by atoms with Crippen LogP contribution in [0.15, 0.2) is 114 Å². The minimum atomic E-state index is -0.536. The van der Waals surface area contributed by atoms with Gasteiger partial charge in [0.1, 0.15) is 17.2 Å². The SMILES string of the molecule is COc1ccc(OC)c(/C=C(\NC(=O)c2ccccc2)C(=O)Nc2ccc(SC(C)C(=O)Nc3nc(-c4ccccc4)c(C)s3)cc2)c1. The molecule has 1 heterocycles. The van der Waals surface area contributed by atoms with Gasteiger partial charge >= 0.3 is 0 Å². The number of hydrogen-bond acceptors (Lipinski definition) is 8. The number of amides is 3. The predicted octanol–water partition coefficient (Wildman–Crippen LogP) is 7.66. The lowest BCUT2D eigenvalue weighted by molar-refractivity contribution is -0.115. The number of methoxy groups -OCH3 is 2. The first kappa shape index (κ1) is 34.0. The highest BCUT2D eigenvalue weighted by atomic mass is 32.2. The maximum atomic E-state index is 13.6. The van der Waals surface area contributed by atoms with Gasteiger partial charge in [0.15, 0.2) is 5.13 Å². The van der Waals surface area contributed by atoms with Crippen molar-refractivity contribution in [1.82, 2.24) is 10.3 Å². The highest BCUT2D eigenvalue weighted by molar-refractivity contribution is 8.00. The van der Waals surface area contributed by atoms with Gasteiger partial charge in [0.2, 0.25) is 5.91 Å². The molecule has 0 bridgehead atoms. The molecule has 4 aromatic carbocycles. The smallest absolute Gasteiger partial charge is 0.272 e. The molecule has 0 saturated carbocycles. The predicted molar refractivity (Wildman–Crippen MR) is 193 cm³/mol. The highest BCUT2D eigenvalue weighted by Crippen LogP contribution is 2.32. The van der Waals surface area contributed by atoms with E-state index in [2.05, 4.69) is 20.9 Å². The fraction of sp³-hybridized carbons (Fsp3) is 0.135. The van der Waals surface area contributed by atoms with E-state index in [1.807, 2.05) is 56.3 Å². The van der Waals surface area contributed by atoms with Crippen molar-refractivity contribution in [2.75, 3.05) is 24.9 Å². The van der Waals surface area contributed by atoms with E-state index in [1.165, 1.54) is 36.3 Å². The zero-order valence-corrected chi connectivity index (χ0v) is 28.4. The standard InChI is InChI=1S/C37H34N4O5S2/c1-23-33(25-11-7-5-8-12-25)40-37(48-23)41-34(42)24(2)47-30-18-15-28(16-19-30)38-36(44)31(39-35(43)26-13-9-6-10-14-26)22-27-21-29(45-3)17-20-32(27)46-4/h5-22,24H,1-4H3,(H,38,44)(H,39,43)(H,40,41,42)/b31-22-. The third-order valence-corrected chi connectivity index (χ3v) is 9.13. The number of aryl methyl sites for hydroxylation is 1. The monoisotopic (exact) mass is 678 g/mol. The van der Waals surface area contributed by atoms with Crippen LogP contribution in [0.3, 0.4) is 0 Å². The van der Waals surface area contributed by atoms with Crippen molar-refractivity contribution in [3.8, 4) is 22.8 Å². The molecule has 0 aliphatic rings. The number of carbonyl (C=O) groups excluding carboxylic acids is 3. The molecule has 0 aliphatic carbocycles. The molecule has 0 radical (unpaired) electrons. The van der Waals surface area contributed by atoms with Crippen LogP contribution in [-0.4, -0.2) is 42.2 Å². The fourth-order valence-electron chi connectivity index (χ4n) is 4.64. The second kappa shape index (κ2) is 15.9. The zero-order valence-electron chi connectivity index (χ0n) is 26.8. The maximum absolute atomic E-state index is 13.6. The number of carbonyl (C=O) groups is 3. The van der Waals surface area contributed by atoms with Crippen molar-refractivity contribution < 1.29 is 23.9 Å². The molecule has 244 valence electrons. The average Bonchev–Trinajstić information content (AvgIpc) is 3.48. The third kappa shape index (κ3) is 8.69. The van der Waals surface area contributed by atoms with E-state index in [9.17, 15) is 14.4 Å². The number of thioether (sulfide) groups is 1. The minimum absolute atomic E-state index is 0.00648. The van der Waals surface area contributed by atoms with Crippen LogP contribution in [0.5, 0.6) is 11.5 Å². The minimum Gasteiger partial charge on any atom is -0.497 e. The van der Waals surface area contributed by atoms with Crippen molar-refractivity contribution in [3.05, 3.63) is 125 Å². The van der Waals surface area contributed by atoms with Gasteiger partial charge in [-0.1, -0.05) is 48.5 Å². The number of nitrogens with zero attached hydrogens (tertiary/aromatic N) is 1. The first-order valence-corrected chi connectivity index (χ1v) is 16.7. The average molecular weight is 679 g/mol. The van der Waals surface area contributed by atoms with Gasteiger partial charge in [0.25, 0.3) is 11.8 Å². The van der Waals surface area contributed by atoms with Crippen molar-refractivity contribution in [2.24, 2.45) is 0 Å². The number of rotatable bonds is 12. The van der Waals surface area contributed by atoms with E-state index in [0.29, 0.717) is 33.4 Å². The zero-order chi connectivity index (χ0) is 34.0. The number of nitrogens with one attached hydrogen (secondary N) is 3. The number of hydrogen-bond donors (Lipinski definition) is 3. The summed E-state index contributed by atoms with van der Waals surface area (Å²) in [6, 6.07) is 30.8. The Morgan fingerprint density at radius 1 is 0.854 bits per heavy atom. The van der Waals surface area contributed by atoms with Crippen molar-refractivity contribution >= 4 is 57.7 Å². The fourth-order valence-corrected chi connectivity index (χ4v) is 6.35. The Kier molecular flexibility index (Phi) is 11.3. The summed E-state index contributed by atoms with van der Waals surface area (Å²) in [4.78, 5) is 46.1. The Balaban J connectivity index is 1.26. The van der Waals surface area contributed by atoms with Gasteiger partial charge in [0.05, 0.1) is 25.2 Å². The molecular formula is C37H34N4O5S2. The van der Waals surface area contributed by atoms with Gasteiger partial charge in [-0.2, -0.15) is 0 Å². The molecule has 3 N–H and O–H groups in total. The molecule has 1 unspecified atom stereocenters. The molecule has 48 heavy (non-hydrogen) atoms. The molecule has 0 fully saturated rings. The summed E-state index contributed by atoms with van der Waals surface area (Å²) in [6.45, 7) is 3.81. The van der Waals surface area contributed by atoms with Crippen LogP contribution in [0.4, 0.5) is 10.8 Å². The van der Waals surface area contributed by atoms with Gasteiger partial charge in [-0.25, -0.2) is 4.98 Å². The van der Waals surface area contributed by atoms with Crippen molar-refractivity contribution in [3.63, 3.8) is 0 Å². The van der Waals surface area contributed by atoms with Crippen LogP contribution < -0.4 is 25.4 Å². The topological polar surface area (TPSA) is 119 Å². The normalized spacial score (nSPS) is 11.7. The van der Waals surface area contributed by atoms with E-state index in [-0.39, 0.29) is 11.6 Å². The molecule has 9 nitrogen and oxygen atoms in total. The van der Waals surface area contributed by atoms with Gasteiger partial charge in [-0.15, -0.1) is 23.1 Å². The molecule has 0 saturated heterocycles. The summed E-state index contributed by atoms with van der Waals surface area (Å²) in [5.74, 6) is -0.0854. The van der Waals surface area contributed by atoms with Crippen molar-refractivity contribution in [1.29, 1.82) is 0 Å². The lowest BCUT2D eigenvalue weighted by Crippen LogP contribution is -2.30. The van der Waals surface area contributed by atoms with Crippen LogP contribution in [0, 0.1) is 6.92 Å². The lowest BCUT2D eigenvalue weighted by Gasteiger charge is -2.14. The molecule has 1 aromatic heterocycles. The van der Waals surface area contributed by atoms with Crippen LogP contribution in [0.2, 0.25) is 0 Å². The quantitative estimate of drug-likeness (QED) is 0.0916. The second-order valence-electron chi connectivity index (χ2n) is 10.5. The summed E-state index contributed by atoms with van der Waals surface area (Å²) in [7, 11) is 3.06. The molecule has 0 spiro atoms. The van der Waals surface area contributed by atoms with Gasteiger partial charge in [0, 0.05) is 32.2 Å². The lowest BCUT2D eigenvalue weighted by atomic mass is 10.1. The first-order chi connectivity index (χ1) is 23.2. The first-order valence-electron chi connectivity index (χ1n) is 15.0. The van der Waals surface area contributed by atoms with Crippen LogP contribution >= 0.6 is 23.1 Å². The van der Waals surface area contributed by atoms with E-state index < -0.39 is 17.1 Å². The summed E-state index contributed by atoms with van der Waals surface area (Å²) >= 11 is 2.83. The highest BCUT2D eigenvalue weighted by Gasteiger charge is 2.19. The molecule has 11 heteroatoms. The molecule has 5 aromatic rings. The van der Waals surface area contributed by atoms with Gasteiger partial charge in [-0.3, -0.25) is 14.4 Å². The maximum Gasteiger partial charge on any atom is 0.272 e. The Hall–Kier alpha value is -5.39. The van der Waals surface area contributed by atoms with E-state index in [1.54, 1.807) is 67.8 Å². The number of thiazole rings is 1. The Labute approximate surface area is 287 Å². The summed E-state index contributed by atoms with van der Waals surface area (Å²) in [5, 5.41) is 8.67. The Bertz CT molecular complexity index is 1930. The molecule has 5 rings (SSSR count). The molecule has 0 aliphatic heterocycles. The van der Waals surface area contributed by atoms with Gasteiger partial charge < -0.3 is 25.4 Å². The third-order valence-electron chi connectivity index (χ3n) is 7.13. The van der Waals surface area contributed by atoms with E-state index >= 15 is 0 Å². The number of anilines is 2. The molecule has 1 atom stereocenters. The van der Waals surface area contributed by atoms with Crippen LogP contribution in [0.25, 0.3) is 17.3 Å². The van der Waals surface area contributed by atoms with Crippen LogP contribution in [0.1, 0.15) is 27.7 Å². The number of aromatic nitrogens is 1. The number of benzene rings is 4. The molecule has 3 amide bonds. The summed E-state index contributed by atoms with van der Waals surface area (Å²) in [5.41, 5.74) is 3.31. The molecular weight excluding hydrogens is 645 g/mol. The Morgan fingerprint density at radius 2 is 1.54 bits per heavy atom. The van der Waals surface area contributed by atoms with Gasteiger partial charge in [-0.05, 0) is 74.5 Å². The number of ether oxygens (including phenoxy) is 2. The Morgan fingerprint density at radius 3 is 2.21 bits per heavy atom. The summed E-state index contributed by atoms with van der Waals surface area (Å²) < 4.78 is 10.8. The van der Waals surface area contributed by atoms with Crippen molar-refractivity contribution in [2.45, 2.75) is 24.0 Å². The van der Waals surface area contributed by atoms with E-state index in [4.69, 9.17) is 9.47 Å². The van der Waals surface area contributed by atoms with Crippen LogP contribution in [-0.2, 0) is 9.59 Å².